The fraction of sp³-hybridized carbons (Fsp3) is 0.370. The molecule has 2 aromatic carbocycles. The molecule has 8 heteroatoms. The van der Waals surface area contributed by atoms with Crippen molar-refractivity contribution in [3.63, 3.8) is 0 Å². The Kier molecular flexibility index (Phi) is 7.88. The SMILES string of the molecule is CCCOC(=O)N1CCN(C(=O)c2ccc3c(Cl)cc(-c4ccc(CN(C)C)cc4)nc3c2)CC1. The maximum atomic E-state index is 13.2. The summed E-state index contributed by atoms with van der Waals surface area (Å²) in [5.41, 5.74) is 4.19. The molecule has 0 N–H and O–H groups in total. The van der Waals surface area contributed by atoms with Crippen LogP contribution < -0.4 is 0 Å². The van der Waals surface area contributed by atoms with Gasteiger partial charge in [0.05, 0.1) is 22.8 Å². The van der Waals surface area contributed by atoms with Crippen molar-refractivity contribution < 1.29 is 14.3 Å². The number of ether oxygens (including phenoxy) is 1. The number of hydrogen-bond acceptors (Lipinski definition) is 5. The number of nitrogens with zero attached hydrogens (tertiary/aromatic N) is 4. The second-order valence-electron chi connectivity index (χ2n) is 9.05. The Morgan fingerprint density at radius 1 is 1.00 bits per heavy atom. The van der Waals surface area contributed by atoms with E-state index < -0.39 is 0 Å². The minimum Gasteiger partial charge on any atom is -0.449 e. The van der Waals surface area contributed by atoms with Gasteiger partial charge in [-0.25, -0.2) is 9.78 Å². The van der Waals surface area contributed by atoms with E-state index in [1.54, 1.807) is 21.9 Å². The van der Waals surface area contributed by atoms with Crippen LogP contribution in [-0.2, 0) is 11.3 Å². The normalized spacial score (nSPS) is 14.0. The van der Waals surface area contributed by atoms with E-state index in [0.717, 1.165) is 29.6 Å². The predicted molar refractivity (Wildman–Crippen MR) is 139 cm³/mol. The quantitative estimate of drug-likeness (QED) is 0.486. The van der Waals surface area contributed by atoms with Crippen LogP contribution in [0.25, 0.3) is 22.2 Å². The lowest BCUT2D eigenvalue weighted by Crippen LogP contribution is -2.50. The van der Waals surface area contributed by atoms with Gasteiger partial charge in [0, 0.05) is 49.2 Å². The summed E-state index contributed by atoms with van der Waals surface area (Å²) in [6, 6.07) is 15.6. The van der Waals surface area contributed by atoms with Crippen LogP contribution in [0.4, 0.5) is 4.79 Å². The molecular formula is C27H31ClN4O3. The molecule has 0 unspecified atom stereocenters. The predicted octanol–water partition coefficient (Wildman–Crippen LogP) is 4.92. The van der Waals surface area contributed by atoms with E-state index in [1.807, 2.05) is 45.3 Å². The highest BCUT2D eigenvalue weighted by Crippen LogP contribution is 2.29. The number of amides is 2. The second kappa shape index (κ2) is 11.1. The summed E-state index contributed by atoms with van der Waals surface area (Å²) >= 11 is 6.58. The van der Waals surface area contributed by atoms with Gasteiger partial charge in [-0.1, -0.05) is 48.9 Å². The van der Waals surface area contributed by atoms with Gasteiger partial charge in [-0.05, 0) is 44.3 Å². The zero-order valence-corrected chi connectivity index (χ0v) is 21.2. The van der Waals surface area contributed by atoms with Gasteiger partial charge in [0.1, 0.15) is 0 Å². The van der Waals surface area contributed by atoms with Gasteiger partial charge in [-0.3, -0.25) is 4.79 Å². The summed E-state index contributed by atoms with van der Waals surface area (Å²) in [7, 11) is 4.08. The first kappa shape index (κ1) is 24.9. The highest BCUT2D eigenvalue weighted by Gasteiger charge is 2.26. The first-order chi connectivity index (χ1) is 16.9. The Bertz CT molecular complexity index is 1210. The van der Waals surface area contributed by atoms with Gasteiger partial charge in [0.15, 0.2) is 0 Å². The molecule has 0 bridgehead atoms. The third-order valence-electron chi connectivity index (χ3n) is 6.01. The van der Waals surface area contributed by atoms with Gasteiger partial charge >= 0.3 is 6.09 Å². The maximum Gasteiger partial charge on any atom is 0.409 e. The minimum atomic E-state index is -0.314. The number of aromatic nitrogens is 1. The zero-order chi connectivity index (χ0) is 24.9. The van der Waals surface area contributed by atoms with Gasteiger partial charge in [0.25, 0.3) is 5.91 Å². The van der Waals surface area contributed by atoms with Crippen LogP contribution in [0.5, 0.6) is 0 Å². The molecule has 0 saturated carbocycles. The van der Waals surface area contributed by atoms with Crippen LogP contribution in [0.3, 0.4) is 0 Å². The summed E-state index contributed by atoms with van der Waals surface area (Å²) in [6.07, 6.45) is 0.471. The third kappa shape index (κ3) is 5.92. The van der Waals surface area contributed by atoms with Crippen molar-refractivity contribution >= 4 is 34.5 Å². The number of carbonyl (C=O) groups is 2. The van der Waals surface area contributed by atoms with Crippen molar-refractivity contribution in [2.45, 2.75) is 19.9 Å². The zero-order valence-electron chi connectivity index (χ0n) is 20.5. The fourth-order valence-electron chi connectivity index (χ4n) is 4.17. The number of rotatable bonds is 6. The minimum absolute atomic E-state index is 0.0789. The van der Waals surface area contributed by atoms with Crippen LogP contribution in [-0.4, -0.2) is 78.6 Å². The van der Waals surface area contributed by atoms with Gasteiger partial charge in [-0.15, -0.1) is 0 Å². The van der Waals surface area contributed by atoms with Crippen LogP contribution in [0.15, 0.2) is 48.5 Å². The number of halogens is 1. The molecule has 1 aliphatic rings. The monoisotopic (exact) mass is 494 g/mol. The first-order valence-electron chi connectivity index (χ1n) is 11.9. The van der Waals surface area contributed by atoms with E-state index in [9.17, 15) is 9.59 Å². The Morgan fingerprint density at radius 3 is 2.34 bits per heavy atom. The van der Waals surface area contributed by atoms with E-state index in [1.165, 1.54) is 5.56 Å². The van der Waals surface area contributed by atoms with Crippen LogP contribution in [0.2, 0.25) is 5.02 Å². The molecule has 4 rings (SSSR count). The van der Waals surface area contributed by atoms with Gasteiger partial charge < -0.3 is 19.4 Å². The second-order valence-corrected chi connectivity index (χ2v) is 9.46. The third-order valence-corrected chi connectivity index (χ3v) is 6.32. The lowest BCUT2D eigenvalue weighted by molar-refractivity contribution is 0.0560. The molecule has 3 aromatic rings. The first-order valence-corrected chi connectivity index (χ1v) is 12.3. The maximum absolute atomic E-state index is 13.2. The Labute approximate surface area is 211 Å². The van der Waals surface area contributed by atoms with Crippen molar-refractivity contribution in [3.05, 3.63) is 64.7 Å². The fourth-order valence-corrected chi connectivity index (χ4v) is 4.43. The Hall–Kier alpha value is -3.16. The molecule has 35 heavy (non-hydrogen) atoms. The molecule has 1 fully saturated rings. The molecule has 2 amide bonds. The molecule has 1 aliphatic heterocycles. The van der Waals surface area contributed by atoms with E-state index in [2.05, 4.69) is 17.0 Å². The van der Waals surface area contributed by atoms with Gasteiger partial charge in [0.2, 0.25) is 0 Å². The van der Waals surface area contributed by atoms with Crippen molar-refractivity contribution in [2.75, 3.05) is 46.9 Å². The molecule has 2 heterocycles. The summed E-state index contributed by atoms with van der Waals surface area (Å²) in [4.78, 5) is 35.6. The summed E-state index contributed by atoms with van der Waals surface area (Å²) in [6.45, 7) is 5.08. The molecule has 7 nitrogen and oxygen atoms in total. The van der Waals surface area contributed by atoms with E-state index >= 15 is 0 Å². The summed E-state index contributed by atoms with van der Waals surface area (Å²) in [5, 5.41) is 1.40. The molecule has 0 radical (unpaired) electrons. The largest absolute Gasteiger partial charge is 0.449 e. The average molecular weight is 495 g/mol. The molecule has 0 aliphatic carbocycles. The molecule has 0 spiro atoms. The van der Waals surface area contributed by atoms with Crippen LogP contribution in [0, 0.1) is 0 Å². The van der Waals surface area contributed by atoms with Gasteiger partial charge in [-0.2, -0.15) is 0 Å². The number of carbonyl (C=O) groups excluding carboxylic acids is 2. The highest BCUT2D eigenvalue weighted by molar-refractivity contribution is 6.35. The molecular weight excluding hydrogens is 464 g/mol. The Balaban J connectivity index is 1.51. The summed E-state index contributed by atoms with van der Waals surface area (Å²) in [5.74, 6) is -0.0789. The average Bonchev–Trinajstić information content (AvgIpc) is 2.86. The molecule has 1 aromatic heterocycles. The molecule has 184 valence electrons. The van der Waals surface area contributed by atoms with E-state index in [-0.39, 0.29) is 12.0 Å². The topological polar surface area (TPSA) is 66.0 Å². The smallest absolute Gasteiger partial charge is 0.409 e. The number of benzene rings is 2. The van der Waals surface area contributed by atoms with E-state index in [4.69, 9.17) is 21.3 Å². The standard InChI is InChI=1S/C27H31ClN4O3/c1-4-15-35-27(34)32-13-11-31(12-14-32)26(33)21-9-10-22-23(28)17-24(29-25(22)16-21)20-7-5-19(6-8-20)18-30(2)3/h5-10,16-17H,4,11-15,18H2,1-3H3. The van der Waals surface area contributed by atoms with Crippen molar-refractivity contribution in [3.8, 4) is 11.3 Å². The number of hydrogen-bond donors (Lipinski definition) is 0. The Morgan fingerprint density at radius 2 is 1.69 bits per heavy atom. The number of piperazine rings is 1. The van der Waals surface area contributed by atoms with Crippen LogP contribution in [0.1, 0.15) is 29.3 Å². The lowest BCUT2D eigenvalue weighted by atomic mass is 10.1. The molecule has 1 saturated heterocycles. The molecule has 0 atom stereocenters. The number of pyridine rings is 1. The van der Waals surface area contributed by atoms with Crippen molar-refractivity contribution in [1.82, 2.24) is 19.7 Å². The number of fused-ring (bicyclic) bond motifs is 1. The lowest BCUT2D eigenvalue weighted by Gasteiger charge is -2.34. The highest BCUT2D eigenvalue weighted by atomic mass is 35.5. The summed E-state index contributed by atoms with van der Waals surface area (Å²) < 4.78 is 5.20. The van der Waals surface area contributed by atoms with Crippen molar-refractivity contribution in [2.24, 2.45) is 0 Å². The van der Waals surface area contributed by atoms with Crippen LogP contribution >= 0.6 is 11.6 Å². The van der Waals surface area contributed by atoms with Crippen molar-refractivity contribution in [1.29, 1.82) is 0 Å². The van der Waals surface area contributed by atoms with E-state index in [0.29, 0.717) is 48.9 Å².